The fourth-order valence-electron chi connectivity index (χ4n) is 1.95. The summed E-state index contributed by atoms with van der Waals surface area (Å²) in [6.07, 6.45) is 2.02. The molecule has 6 nitrogen and oxygen atoms in total. The molecule has 2 N–H and O–H groups in total. The Morgan fingerprint density at radius 2 is 2.30 bits per heavy atom. The highest BCUT2D eigenvalue weighted by atomic mass is 32.2. The van der Waals surface area contributed by atoms with E-state index in [1.54, 1.807) is 6.07 Å². The highest BCUT2D eigenvalue weighted by Crippen LogP contribution is 2.27. The highest BCUT2D eigenvalue weighted by Gasteiger charge is 2.25. The average Bonchev–Trinajstić information content (AvgIpc) is 2.85. The van der Waals surface area contributed by atoms with E-state index in [0.29, 0.717) is 18.8 Å². The molecule has 0 fully saturated rings. The van der Waals surface area contributed by atoms with Gasteiger partial charge in [0, 0.05) is 6.42 Å². The summed E-state index contributed by atoms with van der Waals surface area (Å²) in [5.41, 5.74) is 0.809. The Balaban J connectivity index is 2.25. The van der Waals surface area contributed by atoms with Gasteiger partial charge in [0.05, 0.1) is 11.5 Å². The van der Waals surface area contributed by atoms with Gasteiger partial charge in [0.25, 0.3) is 0 Å². The monoisotopic (exact) mass is 297 g/mol. The van der Waals surface area contributed by atoms with Crippen LogP contribution in [0.5, 0.6) is 5.75 Å². The Hall–Kier alpha value is -1.86. The largest absolute Gasteiger partial charge is 0.493 e. The zero-order chi connectivity index (χ0) is 14.8. The van der Waals surface area contributed by atoms with Crippen LogP contribution in [0.1, 0.15) is 12.0 Å². The number of aliphatic carboxylic acids is 1. The second kappa shape index (κ2) is 5.64. The number of hydrogen-bond donors (Lipinski definition) is 2. The molecule has 1 aliphatic heterocycles. The first-order valence-corrected chi connectivity index (χ1v) is 7.54. The number of ether oxygens (including phenoxy) is 1. The van der Waals surface area contributed by atoms with Crippen molar-refractivity contribution in [2.45, 2.75) is 23.8 Å². The molecule has 0 aliphatic carbocycles. The van der Waals surface area contributed by atoms with Crippen molar-refractivity contribution in [2.24, 2.45) is 0 Å². The summed E-state index contributed by atoms with van der Waals surface area (Å²) in [4.78, 5) is 11.0. The molecule has 0 amide bonds. The predicted molar refractivity (Wildman–Crippen MR) is 72.2 cm³/mol. The van der Waals surface area contributed by atoms with E-state index >= 15 is 0 Å². The van der Waals surface area contributed by atoms with Crippen molar-refractivity contribution in [3.8, 4) is 5.75 Å². The summed E-state index contributed by atoms with van der Waals surface area (Å²) in [5, 5.41) is 8.97. The third kappa shape index (κ3) is 3.00. The maximum Gasteiger partial charge on any atom is 0.322 e. The molecule has 0 bridgehead atoms. The number of carboxylic acid groups (broad SMARTS) is 1. The first-order chi connectivity index (χ1) is 9.44. The first kappa shape index (κ1) is 14.5. The molecule has 0 radical (unpaired) electrons. The normalized spacial score (nSPS) is 15.2. The molecule has 7 heteroatoms. The van der Waals surface area contributed by atoms with E-state index in [2.05, 4.69) is 11.3 Å². The summed E-state index contributed by atoms with van der Waals surface area (Å²) in [7, 11) is -3.88. The maximum absolute atomic E-state index is 12.2. The summed E-state index contributed by atoms with van der Waals surface area (Å²) in [6, 6.07) is 3.28. The predicted octanol–water partition coefficient (Wildman–Crippen LogP) is 0.929. The van der Waals surface area contributed by atoms with Gasteiger partial charge in [0.15, 0.2) is 0 Å². The van der Waals surface area contributed by atoms with Gasteiger partial charge in [-0.05, 0) is 30.2 Å². The average molecular weight is 297 g/mol. The molecule has 108 valence electrons. The second-order valence-electron chi connectivity index (χ2n) is 4.40. The summed E-state index contributed by atoms with van der Waals surface area (Å²) >= 11 is 0. The van der Waals surface area contributed by atoms with Crippen LogP contribution in [0.15, 0.2) is 35.7 Å². The summed E-state index contributed by atoms with van der Waals surface area (Å²) in [5.74, 6) is -0.567. The van der Waals surface area contributed by atoms with Crippen molar-refractivity contribution in [3.63, 3.8) is 0 Å². The van der Waals surface area contributed by atoms with Gasteiger partial charge < -0.3 is 9.84 Å². The van der Waals surface area contributed by atoms with Gasteiger partial charge in [-0.15, -0.1) is 6.58 Å². The number of fused-ring (bicyclic) bond motifs is 1. The van der Waals surface area contributed by atoms with E-state index in [-0.39, 0.29) is 11.3 Å². The lowest BCUT2D eigenvalue weighted by atomic mass is 10.2. The van der Waals surface area contributed by atoms with Crippen molar-refractivity contribution >= 4 is 16.0 Å². The smallest absolute Gasteiger partial charge is 0.322 e. The van der Waals surface area contributed by atoms with Crippen molar-refractivity contribution in [1.29, 1.82) is 0 Å². The third-order valence-electron chi connectivity index (χ3n) is 2.97. The van der Waals surface area contributed by atoms with Crippen LogP contribution in [0.25, 0.3) is 0 Å². The van der Waals surface area contributed by atoms with Crippen molar-refractivity contribution in [1.82, 2.24) is 4.72 Å². The quantitative estimate of drug-likeness (QED) is 0.762. The molecule has 0 saturated heterocycles. The van der Waals surface area contributed by atoms with E-state index in [4.69, 9.17) is 9.84 Å². The van der Waals surface area contributed by atoms with Crippen LogP contribution in [-0.4, -0.2) is 32.1 Å². The van der Waals surface area contributed by atoms with Gasteiger partial charge in [0.1, 0.15) is 11.8 Å². The van der Waals surface area contributed by atoms with E-state index in [1.165, 1.54) is 18.2 Å². The molecule has 1 aromatic carbocycles. The maximum atomic E-state index is 12.2. The van der Waals surface area contributed by atoms with Gasteiger partial charge >= 0.3 is 5.97 Å². The van der Waals surface area contributed by atoms with Crippen LogP contribution in [-0.2, 0) is 21.2 Å². The van der Waals surface area contributed by atoms with Crippen LogP contribution in [0, 0.1) is 0 Å². The lowest BCUT2D eigenvalue weighted by Crippen LogP contribution is -2.40. The van der Waals surface area contributed by atoms with Crippen molar-refractivity contribution in [2.75, 3.05) is 6.61 Å². The molecule has 1 aromatic rings. The van der Waals surface area contributed by atoms with Gasteiger partial charge in [0.2, 0.25) is 10.0 Å². The van der Waals surface area contributed by atoms with Gasteiger partial charge in [-0.3, -0.25) is 4.79 Å². The molecule has 0 saturated carbocycles. The minimum atomic E-state index is -3.88. The molecule has 1 heterocycles. The first-order valence-electron chi connectivity index (χ1n) is 6.06. The molecule has 0 spiro atoms. The fourth-order valence-corrected chi connectivity index (χ4v) is 3.20. The third-order valence-corrected chi connectivity index (χ3v) is 4.44. The fraction of sp³-hybridized carbons (Fsp3) is 0.308. The number of benzene rings is 1. The lowest BCUT2D eigenvalue weighted by molar-refractivity contribution is -0.138. The second-order valence-corrected chi connectivity index (χ2v) is 6.12. The highest BCUT2D eigenvalue weighted by molar-refractivity contribution is 7.89. The van der Waals surface area contributed by atoms with Gasteiger partial charge in [-0.1, -0.05) is 6.08 Å². The minimum Gasteiger partial charge on any atom is -0.493 e. The Kier molecular flexibility index (Phi) is 4.10. The Bertz CT molecular complexity index is 638. The SMILES string of the molecule is C=CCC(NS(=O)(=O)c1ccc2c(c1)CCO2)C(=O)O. The number of carboxylic acids is 1. The number of nitrogens with one attached hydrogen (secondary N) is 1. The standard InChI is InChI=1S/C13H15NO5S/c1-2-3-11(13(15)16)14-20(17,18)10-4-5-12-9(8-10)6-7-19-12/h2,4-5,8,11,14H,1,3,6-7H2,(H,15,16). The van der Waals surface area contributed by atoms with Crippen LogP contribution in [0.4, 0.5) is 0 Å². The van der Waals surface area contributed by atoms with Crippen LogP contribution >= 0.6 is 0 Å². The van der Waals surface area contributed by atoms with Crippen molar-refractivity contribution < 1.29 is 23.1 Å². The van der Waals surface area contributed by atoms with Gasteiger partial charge in [-0.25, -0.2) is 8.42 Å². The van der Waals surface area contributed by atoms with E-state index in [0.717, 1.165) is 5.56 Å². The van der Waals surface area contributed by atoms with Crippen LogP contribution in [0.2, 0.25) is 0 Å². The lowest BCUT2D eigenvalue weighted by Gasteiger charge is -2.13. The summed E-state index contributed by atoms with van der Waals surface area (Å²) < 4.78 is 31.8. The van der Waals surface area contributed by atoms with E-state index in [9.17, 15) is 13.2 Å². The number of carbonyl (C=O) groups is 1. The topological polar surface area (TPSA) is 92.7 Å². The molecule has 20 heavy (non-hydrogen) atoms. The minimum absolute atomic E-state index is 0.0165. The van der Waals surface area contributed by atoms with E-state index in [1.807, 2.05) is 0 Å². The zero-order valence-corrected chi connectivity index (χ0v) is 11.5. The number of hydrogen-bond acceptors (Lipinski definition) is 4. The molecule has 0 aromatic heterocycles. The number of sulfonamides is 1. The molecule has 1 aliphatic rings. The Labute approximate surface area is 117 Å². The Morgan fingerprint density at radius 3 is 2.95 bits per heavy atom. The molecule has 1 unspecified atom stereocenters. The number of rotatable bonds is 6. The van der Waals surface area contributed by atoms with Crippen LogP contribution in [0.3, 0.4) is 0 Å². The van der Waals surface area contributed by atoms with Crippen molar-refractivity contribution in [3.05, 3.63) is 36.4 Å². The van der Waals surface area contributed by atoms with E-state index < -0.39 is 22.0 Å². The van der Waals surface area contributed by atoms with Crippen LogP contribution < -0.4 is 9.46 Å². The molecule has 1 atom stereocenters. The summed E-state index contributed by atoms with van der Waals surface area (Å²) in [6.45, 7) is 3.95. The van der Waals surface area contributed by atoms with Gasteiger partial charge in [-0.2, -0.15) is 4.72 Å². The Morgan fingerprint density at radius 1 is 1.55 bits per heavy atom. The molecular weight excluding hydrogens is 282 g/mol. The zero-order valence-electron chi connectivity index (χ0n) is 10.7. The molecule has 2 rings (SSSR count). The molecular formula is C13H15NO5S.